The number of benzene rings is 1. The maximum absolute atomic E-state index is 5.87. The maximum Gasteiger partial charge on any atom is 0.175 e. The lowest BCUT2D eigenvalue weighted by Crippen LogP contribution is -2.13. The van der Waals surface area contributed by atoms with Gasteiger partial charge in [-0.3, -0.25) is 0 Å². The third-order valence-electron chi connectivity index (χ3n) is 2.54. The maximum atomic E-state index is 5.87. The van der Waals surface area contributed by atoms with Crippen molar-refractivity contribution in [3.05, 3.63) is 72.8 Å². The van der Waals surface area contributed by atoms with Gasteiger partial charge in [0.05, 0.1) is 0 Å². The second-order valence-corrected chi connectivity index (χ2v) is 4.11. The van der Waals surface area contributed by atoms with Crippen LogP contribution in [0, 0.1) is 6.92 Å². The fourth-order valence-electron chi connectivity index (χ4n) is 1.44. The zero-order valence-corrected chi connectivity index (χ0v) is 12.3. The van der Waals surface area contributed by atoms with Gasteiger partial charge in [0.2, 0.25) is 0 Å². The Labute approximate surface area is 125 Å². The summed E-state index contributed by atoms with van der Waals surface area (Å²) in [4.78, 5) is 8.18. The van der Waals surface area contributed by atoms with E-state index in [0.717, 1.165) is 5.56 Å². The average Bonchev–Trinajstić information content (AvgIpc) is 2.55. The summed E-state index contributed by atoms with van der Waals surface area (Å²) >= 11 is 0. The molecule has 2 aromatic rings. The van der Waals surface area contributed by atoms with Crippen LogP contribution in [0.1, 0.15) is 23.9 Å². The first kappa shape index (κ1) is 16.2. The average molecular weight is 281 g/mol. The van der Waals surface area contributed by atoms with Crippen molar-refractivity contribution in [3.8, 4) is 0 Å². The summed E-state index contributed by atoms with van der Waals surface area (Å²) in [6.07, 6.45) is 3.32. The molecule has 0 aliphatic carbocycles. The Hall–Kier alpha value is -2.82. The highest BCUT2D eigenvalue weighted by atomic mass is 15.2. The molecule has 0 radical (unpaired) electrons. The van der Waals surface area contributed by atoms with Crippen molar-refractivity contribution in [2.45, 2.75) is 13.8 Å². The van der Waals surface area contributed by atoms with E-state index in [1.54, 1.807) is 25.4 Å². The molecule has 0 aliphatic rings. The fourth-order valence-corrected chi connectivity index (χ4v) is 1.44. The molecule has 0 bridgehead atoms. The van der Waals surface area contributed by atoms with Gasteiger partial charge < -0.3 is 5.73 Å². The summed E-state index contributed by atoms with van der Waals surface area (Å²) in [6.45, 7) is 9.81. The summed E-state index contributed by atoms with van der Waals surface area (Å²) in [6, 6.07) is 9.54. The number of nitrogens with zero attached hydrogens (tertiary/aromatic N) is 4. The third-order valence-corrected chi connectivity index (χ3v) is 2.54. The van der Waals surface area contributed by atoms with Crippen LogP contribution in [0.5, 0.6) is 0 Å². The molecule has 2 rings (SSSR count). The topological polar surface area (TPSA) is 76.5 Å². The molecule has 0 saturated heterocycles. The zero-order chi connectivity index (χ0) is 15.7. The smallest absolute Gasteiger partial charge is 0.175 e. The van der Waals surface area contributed by atoms with E-state index in [-0.39, 0.29) is 0 Å². The molecule has 0 saturated carbocycles. The summed E-state index contributed by atoms with van der Waals surface area (Å²) in [5.74, 6) is 0.915. The van der Waals surface area contributed by atoms with E-state index in [2.05, 4.69) is 33.3 Å². The van der Waals surface area contributed by atoms with Crippen LogP contribution in [0.3, 0.4) is 0 Å². The highest BCUT2D eigenvalue weighted by Gasteiger charge is 2.00. The molecular formula is C16H19N5. The van der Waals surface area contributed by atoms with Gasteiger partial charge in [0.15, 0.2) is 11.7 Å². The number of rotatable bonds is 3. The van der Waals surface area contributed by atoms with Crippen LogP contribution in [-0.4, -0.2) is 21.5 Å². The van der Waals surface area contributed by atoms with E-state index >= 15 is 0 Å². The van der Waals surface area contributed by atoms with E-state index in [4.69, 9.17) is 5.73 Å². The summed E-state index contributed by atoms with van der Waals surface area (Å²) in [5.41, 5.74) is 8.51. The lowest BCUT2D eigenvalue weighted by molar-refractivity contribution is 1.10. The molecule has 5 heteroatoms. The van der Waals surface area contributed by atoms with Crippen LogP contribution in [0.25, 0.3) is 0 Å². The first-order valence-corrected chi connectivity index (χ1v) is 6.39. The monoisotopic (exact) mass is 281 g/mol. The van der Waals surface area contributed by atoms with Crippen LogP contribution >= 0.6 is 0 Å². The highest BCUT2D eigenvalue weighted by molar-refractivity contribution is 5.99. The van der Waals surface area contributed by atoms with Crippen LogP contribution in [0.4, 0.5) is 0 Å². The van der Waals surface area contributed by atoms with Crippen molar-refractivity contribution >= 4 is 11.5 Å². The van der Waals surface area contributed by atoms with E-state index in [1.165, 1.54) is 5.56 Å². The van der Waals surface area contributed by atoms with Crippen LogP contribution in [-0.2, 0) is 0 Å². The van der Waals surface area contributed by atoms with Crippen molar-refractivity contribution in [1.82, 2.24) is 9.97 Å². The molecule has 1 aromatic carbocycles. The Balaban J connectivity index is 0.00000106. The molecular weight excluding hydrogens is 262 g/mol. The summed E-state index contributed by atoms with van der Waals surface area (Å²) < 4.78 is 0. The standard InChI is InChI=1S/C14H15N5.C2H4/c1-10-4-6-12(7-5-10)13(15)19-18-11(2)14-16-8-3-9-17-14;1-2/h3-9H,1-2H3,(H2,15,19);1-2H2/b18-11+;. The van der Waals surface area contributed by atoms with E-state index < -0.39 is 0 Å². The predicted molar refractivity (Wildman–Crippen MR) is 87.4 cm³/mol. The highest BCUT2D eigenvalue weighted by Crippen LogP contribution is 2.03. The van der Waals surface area contributed by atoms with Crippen LogP contribution < -0.4 is 5.73 Å². The fraction of sp³-hybridized carbons (Fsp3) is 0.125. The summed E-state index contributed by atoms with van der Waals surface area (Å²) in [7, 11) is 0. The van der Waals surface area contributed by atoms with Crippen molar-refractivity contribution < 1.29 is 0 Å². The number of aromatic nitrogens is 2. The number of aryl methyl sites for hydroxylation is 1. The van der Waals surface area contributed by atoms with Crippen molar-refractivity contribution in [2.75, 3.05) is 0 Å². The van der Waals surface area contributed by atoms with Gasteiger partial charge in [0.1, 0.15) is 5.71 Å². The first-order chi connectivity index (χ1) is 10.2. The molecule has 0 spiro atoms. The Morgan fingerprint density at radius 3 is 2.19 bits per heavy atom. The van der Waals surface area contributed by atoms with Crippen molar-refractivity contribution in [3.63, 3.8) is 0 Å². The second kappa shape index (κ2) is 8.37. The van der Waals surface area contributed by atoms with Gasteiger partial charge in [-0.1, -0.05) is 29.8 Å². The van der Waals surface area contributed by atoms with E-state index in [1.807, 2.05) is 31.2 Å². The third kappa shape index (κ3) is 4.99. The number of amidine groups is 1. The Morgan fingerprint density at radius 2 is 1.62 bits per heavy atom. The van der Waals surface area contributed by atoms with Crippen LogP contribution in [0.15, 0.2) is 66.1 Å². The minimum atomic E-state index is 0.371. The molecule has 0 amide bonds. The molecule has 0 aliphatic heterocycles. The minimum Gasteiger partial charge on any atom is -0.382 e. The molecule has 5 nitrogen and oxygen atoms in total. The quantitative estimate of drug-likeness (QED) is 0.407. The molecule has 0 atom stereocenters. The molecule has 0 fully saturated rings. The van der Waals surface area contributed by atoms with Gasteiger partial charge in [0, 0.05) is 18.0 Å². The SMILES string of the molecule is C/C(=N\N=C(/N)c1ccc(C)cc1)c1ncccn1.C=C. The summed E-state index contributed by atoms with van der Waals surface area (Å²) in [5, 5.41) is 8.05. The second-order valence-electron chi connectivity index (χ2n) is 4.11. The predicted octanol–water partition coefficient (Wildman–Crippen LogP) is 2.72. The molecule has 2 N–H and O–H groups in total. The molecule has 0 unspecified atom stereocenters. The molecule has 21 heavy (non-hydrogen) atoms. The van der Waals surface area contributed by atoms with Gasteiger partial charge in [-0.2, -0.15) is 0 Å². The zero-order valence-electron chi connectivity index (χ0n) is 12.3. The Morgan fingerprint density at radius 1 is 1.05 bits per heavy atom. The minimum absolute atomic E-state index is 0.371. The largest absolute Gasteiger partial charge is 0.382 e. The Kier molecular flexibility index (Phi) is 6.47. The molecule has 1 aromatic heterocycles. The van der Waals surface area contributed by atoms with E-state index in [0.29, 0.717) is 17.4 Å². The van der Waals surface area contributed by atoms with Gasteiger partial charge in [-0.25, -0.2) is 9.97 Å². The lowest BCUT2D eigenvalue weighted by atomic mass is 10.1. The molecule has 108 valence electrons. The van der Waals surface area contributed by atoms with Gasteiger partial charge in [-0.05, 0) is 19.9 Å². The molecule has 1 heterocycles. The Bertz CT molecular complexity index is 615. The number of hydrogen-bond acceptors (Lipinski definition) is 4. The normalized spacial score (nSPS) is 11.5. The first-order valence-electron chi connectivity index (χ1n) is 6.39. The van der Waals surface area contributed by atoms with Gasteiger partial charge in [-0.15, -0.1) is 23.4 Å². The van der Waals surface area contributed by atoms with Crippen molar-refractivity contribution in [2.24, 2.45) is 15.9 Å². The van der Waals surface area contributed by atoms with Gasteiger partial charge in [0.25, 0.3) is 0 Å². The number of nitrogens with two attached hydrogens (primary N) is 1. The van der Waals surface area contributed by atoms with Crippen LogP contribution in [0.2, 0.25) is 0 Å². The van der Waals surface area contributed by atoms with E-state index in [9.17, 15) is 0 Å². The van der Waals surface area contributed by atoms with Gasteiger partial charge >= 0.3 is 0 Å². The lowest BCUT2D eigenvalue weighted by Gasteiger charge is -2.00. The number of hydrogen-bond donors (Lipinski definition) is 1. The van der Waals surface area contributed by atoms with Crippen molar-refractivity contribution in [1.29, 1.82) is 0 Å².